The van der Waals surface area contributed by atoms with Crippen molar-refractivity contribution in [2.24, 2.45) is 7.05 Å². The highest BCUT2D eigenvalue weighted by Gasteiger charge is 2.18. The third kappa shape index (κ3) is 2.93. The van der Waals surface area contributed by atoms with E-state index >= 15 is 0 Å². The molecule has 20 heavy (non-hydrogen) atoms. The maximum absolute atomic E-state index is 12.1. The van der Waals surface area contributed by atoms with Crippen molar-refractivity contribution in [3.8, 4) is 0 Å². The van der Waals surface area contributed by atoms with E-state index in [1.165, 1.54) is 10.9 Å². The van der Waals surface area contributed by atoms with Crippen molar-refractivity contribution in [3.05, 3.63) is 35.4 Å². The number of nitrogens with zero attached hydrogens (tertiary/aromatic N) is 4. The molecule has 0 saturated carbocycles. The van der Waals surface area contributed by atoms with Gasteiger partial charge in [-0.3, -0.25) is 14.2 Å². The maximum Gasteiger partial charge on any atom is 0.356 e. The van der Waals surface area contributed by atoms with E-state index in [0.29, 0.717) is 11.3 Å². The summed E-state index contributed by atoms with van der Waals surface area (Å²) in [6.07, 6.45) is 3.12. The summed E-state index contributed by atoms with van der Waals surface area (Å²) in [6, 6.07) is 1.61. The number of ether oxygens (including phenoxy) is 1. The van der Waals surface area contributed by atoms with Gasteiger partial charge in [0.25, 0.3) is 0 Å². The molecular weight excluding hydrogens is 260 g/mol. The highest BCUT2D eigenvalue weighted by atomic mass is 16.5. The predicted octanol–water partition coefficient (Wildman–Crippen LogP) is 0.985. The number of carbonyl (C=O) groups excluding carboxylic acids is 2. The summed E-state index contributed by atoms with van der Waals surface area (Å²) in [5, 5.41) is 8.10. The Morgan fingerprint density at radius 3 is 2.75 bits per heavy atom. The van der Waals surface area contributed by atoms with Crippen LogP contribution in [0.5, 0.6) is 0 Å². The number of ketones is 1. The largest absolute Gasteiger partial charge is 0.461 e. The van der Waals surface area contributed by atoms with Crippen molar-refractivity contribution in [1.29, 1.82) is 0 Å². The molecule has 0 saturated heterocycles. The fourth-order valence-corrected chi connectivity index (χ4v) is 1.83. The minimum atomic E-state index is -0.480. The number of carbonyl (C=O) groups is 2. The molecule has 0 aliphatic rings. The molecule has 2 heterocycles. The first-order valence-electron chi connectivity index (χ1n) is 6.24. The van der Waals surface area contributed by atoms with E-state index in [1.807, 2.05) is 0 Å². The summed E-state index contributed by atoms with van der Waals surface area (Å²) in [5.74, 6) is -0.640. The van der Waals surface area contributed by atoms with Gasteiger partial charge in [-0.2, -0.15) is 10.2 Å². The van der Waals surface area contributed by atoms with Gasteiger partial charge in [-0.05, 0) is 19.9 Å². The van der Waals surface area contributed by atoms with E-state index in [-0.39, 0.29) is 24.6 Å². The monoisotopic (exact) mass is 276 g/mol. The zero-order valence-corrected chi connectivity index (χ0v) is 11.7. The van der Waals surface area contributed by atoms with Crippen molar-refractivity contribution in [3.63, 3.8) is 0 Å². The lowest BCUT2D eigenvalue weighted by Gasteiger charge is -2.05. The van der Waals surface area contributed by atoms with Crippen LogP contribution in [0.1, 0.15) is 33.5 Å². The van der Waals surface area contributed by atoms with E-state index in [2.05, 4.69) is 10.2 Å². The van der Waals surface area contributed by atoms with Crippen molar-refractivity contribution in [2.75, 3.05) is 6.61 Å². The molecule has 0 N–H and O–H groups in total. The molecular formula is C13H16N4O3. The van der Waals surface area contributed by atoms with Crippen molar-refractivity contribution < 1.29 is 14.3 Å². The normalized spacial score (nSPS) is 10.6. The summed E-state index contributed by atoms with van der Waals surface area (Å²) in [5.41, 5.74) is 1.42. The van der Waals surface area contributed by atoms with E-state index in [1.54, 1.807) is 37.8 Å². The van der Waals surface area contributed by atoms with Gasteiger partial charge in [0.2, 0.25) is 0 Å². The SMILES string of the molecule is CCOC(=O)c1cc(C)nn1CC(=O)c1cnn(C)c1. The zero-order chi connectivity index (χ0) is 14.7. The summed E-state index contributed by atoms with van der Waals surface area (Å²) in [4.78, 5) is 23.9. The molecule has 0 aliphatic carbocycles. The number of hydrogen-bond donors (Lipinski definition) is 0. The van der Waals surface area contributed by atoms with Gasteiger partial charge in [-0.15, -0.1) is 0 Å². The highest BCUT2D eigenvalue weighted by molar-refractivity contribution is 5.96. The Morgan fingerprint density at radius 1 is 1.40 bits per heavy atom. The van der Waals surface area contributed by atoms with Gasteiger partial charge in [0.1, 0.15) is 12.2 Å². The average Bonchev–Trinajstić information content (AvgIpc) is 2.96. The second-order valence-corrected chi connectivity index (χ2v) is 4.37. The van der Waals surface area contributed by atoms with Crippen LogP contribution in [0.3, 0.4) is 0 Å². The van der Waals surface area contributed by atoms with Gasteiger partial charge in [0.05, 0.1) is 24.1 Å². The van der Waals surface area contributed by atoms with Crippen LogP contribution in [0.2, 0.25) is 0 Å². The molecule has 106 valence electrons. The van der Waals surface area contributed by atoms with Crippen LogP contribution >= 0.6 is 0 Å². The highest BCUT2D eigenvalue weighted by Crippen LogP contribution is 2.08. The average molecular weight is 276 g/mol. The molecule has 2 aromatic rings. The van der Waals surface area contributed by atoms with Crippen LogP contribution in [0.4, 0.5) is 0 Å². The fraction of sp³-hybridized carbons (Fsp3) is 0.385. The second-order valence-electron chi connectivity index (χ2n) is 4.37. The smallest absolute Gasteiger partial charge is 0.356 e. The van der Waals surface area contributed by atoms with Crippen molar-refractivity contribution in [1.82, 2.24) is 19.6 Å². The van der Waals surface area contributed by atoms with E-state index in [9.17, 15) is 9.59 Å². The Morgan fingerprint density at radius 2 is 2.15 bits per heavy atom. The van der Waals surface area contributed by atoms with Crippen LogP contribution < -0.4 is 0 Å². The molecule has 0 spiro atoms. The Hall–Kier alpha value is -2.44. The maximum atomic E-state index is 12.1. The van der Waals surface area contributed by atoms with Crippen molar-refractivity contribution in [2.45, 2.75) is 20.4 Å². The Bertz CT molecular complexity index is 642. The number of rotatable bonds is 5. The van der Waals surface area contributed by atoms with E-state index in [4.69, 9.17) is 4.74 Å². The molecule has 0 amide bonds. The Balaban J connectivity index is 2.21. The molecule has 7 heteroatoms. The van der Waals surface area contributed by atoms with Gasteiger partial charge in [-0.1, -0.05) is 0 Å². The van der Waals surface area contributed by atoms with Gasteiger partial charge in [0, 0.05) is 13.2 Å². The summed E-state index contributed by atoms with van der Waals surface area (Å²) < 4.78 is 7.86. The fourth-order valence-electron chi connectivity index (χ4n) is 1.83. The minimum absolute atomic E-state index is 0.0202. The first kappa shape index (κ1) is 14.0. The number of Topliss-reactive ketones (excluding diaryl/α,β-unsaturated/α-hetero) is 1. The summed E-state index contributed by atoms with van der Waals surface area (Å²) in [7, 11) is 1.74. The van der Waals surface area contributed by atoms with Crippen LogP contribution in [0.15, 0.2) is 18.5 Å². The molecule has 0 bridgehead atoms. The molecule has 0 aliphatic heterocycles. The number of hydrogen-bond acceptors (Lipinski definition) is 5. The van der Waals surface area contributed by atoms with E-state index < -0.39 is 5.97 Å². The standard InChI is InChI=1S/C13H16N4O3/c1-4-20-13(19)11-5-9(2)15-17(11)8-12(18)10-6-14-16(3)7-10/h5-7H,4,8H2,1-3H3. The lowest BCUT2D eigenvalue weighted by molar-refractivity contribution is 0.0512. The summed E-state index contributed by atoms with van der Waals surface area (Å²) >= 11 is 0. The van der Waals surface area contributed by atoms with Crippen LogP contribution in [-0.2, 0) is 18.3 Å². The van der Waals surface area contributed by atoms with Crippen LogP contribution in [-0.4, -0.2) is 37.9 Å². The van der Waals surface area contributed by atoms with Crippen LogP contribution in [0, 0.1) is 6.92 Å². The Kier molecular flexibility index (Phi) is 3.97. The zero-order valence-electron chi connectivity index (χ0n) is 11.7. The molecule has 7 nitrogen and oxygen atoms in total. The van der Waals surface area contributed by atoms with Crippen LogP contribution in [0.25, 0.3) is 0 Å². The number of aryl methyl sites for hydroxylation is 2. The lowest BCUT2D eigenvalue weighted by Crippen LogP contribution is -2.18. The topological polar surface area (TPSA) is 79.0 Å². The number of aromatic nitrogens is 4. The van der Waals surface area contributed by atoms with E-state index in [0.717, 1.165) is 0 Å². The Labute approximate surface area is 116 Å². The summed E-state index contributed by atoms with van der Waals surface area (Å²) in [6.45, 7) is 3.74. The third-order valence-electron chi connectivity index (χ3n) is 2.71. The predicted molar refractivity (Wildman–Crippen MR) is 70.5 cm³/mol. The molecule has 0 atom stereocenters. The molecule has 0 radical (unpaired) electrons. The quantitative estimate of drug-likeness (QED) is 0.601. The lowest BCUT2D eigenvalue weighted by atomic mass is 10.2. The van der Waals surface area contributed by atoms with Gasteiger partial charge < -0.3 is 4.74 Å². The second kappa shape index (κ2) is 5.68. The first-order chi connectivity index (χ1) is 9.51. The van der Waals surface area contributed by atoms with Gasteiger partial charge in [0.15, 0.2) is 5.78 Å². The van der Waals surface area contributed by atoms with Crippen molar-refractivity contribution >= 4 is 11.8 Å². The third-order valence-corrected chi connectivity index (χ3v) is 2.71. The molecule has 2 aromatic heterocycles. The molecule has 0 aromatic carbocycles. The minimum Gasteiger partial charge on any atom is -0.461 e. The molecule has 2 rings (SSSR count). The van der Waals surface area contributed by atoms with Gasteiger partial charge in [-0.25, -0.2) is 4.79 Å². The molecule has 0 unspecified atom stereocenters. The number of esters is 1. The molecule has 0 fully saturated rings. The first-order valence-corrected chi connectivity index (χ1v) is 6.24. The van der Waals surface area contributed by atoms with Gasteiger partial charge >= 0.3 is 5.97 Å².